The molecule has 0 unspecified atom stereocenters. The minimum absolute atomic E-state index is 0.0956. The zero-order chi connectivity index (χ0) is 16.8. The van der Waals surface area contributed by atoms with Crippen molar-refractivity contribution in [3.63, 3.8) is 0 Å². The first-order chi connectivity index (χ1) is 11.0. The average Bonchev–Trinajstić information content (AvgIpc) is 2.56. The van der Waals surface area contributed by atoms with Crippen LogP contribution in [-0.4, -0.2) is 5.91 Å². The number of benzene rings is 2. The maximum absolute atomic E-state index is 12.3. The van der Waals surface area contributed by atoms with E-state index in [-0.39, 0.29) is 5.57 Å². The molecule has 0 aliphatic heterocycles. The van der Waals surface area contributed by atoms with Crippen LogP contribution < -0.4 is 5.32 Å². The minimum atomic E-state index is -0.391. The van der Waals surface area contributed by atoms with E-state index in [0.717, 1.165) is 23.1 Å². The summed E-state index contributed by atoms with van der Waals surface area (Å²) in [6.07, 6.45) is 2.59. The van der Waals surface area contributed by atoms with E-state index in [0.29, 0.717) is 5.69 Å². The molecule has 23 heavy (non-hydrogen) atoms. The highest BCUT2D eigenvalue weighted by Gasteiger charge is 2.10. The number of carbonyl (C=O) groups excluding carboxylic acids is 1. The Balaban J connectivity index is 2.22. The first kappa shape index (κ1) is 16.5. The van der Waals surface area contributed by atoms with Crippen LogP contribution in [0.4, 0.5) is 5.69 Å². The van der Waals surface area contributed by atoms with Crippen molar-refractivity contribution in [1.82, 2.24) is 0 Å². The van der Waals surface area contributed by atoms with E-state index in [2.05, 4.69) is 12.2 Å². The molecule has 3 nitrogen and oxygen atoms in total. The second-order valence-electron chi connectivity index (χ2n) is 5.53. The summed E-state index contributed by atoms with van der Waals surface area (Å²) in [5.74, 6) is -0.391. The molecule has 2 rings (SSSR count). The van der Waals surface area contributed by atoms with Crippen molar-refractivity contribution < 1.29 is 4.79 Å². The summed E-state index contributed by atoms with van der Waals surface area (Å²) in [4.78, 5) is 12.3. The molecule has 0 saturated heterocycles. The van der Waals surface area contributed by atoms with Crippen LogP contribution in [0, 0.1) is 25.2 Å². The molecule has 2 aromatic carbocycles. The van der Waals surface area contributed by atoms with Crippen molar-refractivity contribution in [1.29, 1.82) is 5.26 Å². The molecule has 3 heteroatoms. The zero-order valence-electron chi connectivity index (χ0n) is 13.7. The van der Waals surface area contributed by atoms with E-state index in [1.54, 1.807) is 6.08 Å². The minimum Gasteiger partial charge on any atom is -0.321 e. The van der Waals surface area contributed by atoms with Crippen molar-refractivity contribution in [2.45, 2.75) is 27.2 Å². The molecule has 1 N–H and O–H groups in total. The van der Waals surface area contributed by atoms with Crippen LogP contribution in [0.1, 0.15) is 29.2 Å². The third-order valence-corrected chi connectivity index (χ3v) is 3.72. The maximum Gasteiger partial charge on any atom is 0.266 e. The maximum atomic E-state index is 12.3. The fourth-order valence-corrected chi connectivity index (χ4v) is 2.24. The van der Waals surface area contributed by atoms with Crippen LogP contribution in [0.15, 0.2) is 48.0 Å². The normalized spacial score (nSPS) is 11.0. The molecule has 0 aromatic heterocycles. The van der Waals surface area contributed by atoms with Gasteiger partial charge in [0, 0.05) is 5.69 Å². The van der Waals surface area contributed by atoms with Gasteiger partial charge in [-0.15, -0.1) is 0 Å². The zero-order valence-corrected chi connectivity index (χ0v) is 13.7. The Morgan fingerprint density at radius 2 is 1.87 bits per heavy atom. The van der Waals surface area contributed by atoms with Gasteiger partial charge in [0.05, 0.1) is 0 Å². The van der Waals surface area contributed by atoms with Crippen LogP contribution >= 0.6 is 0 Å². The lowest BCUT2D eigenvalue weighted by atomic mass is 10.0. The predicted octanol–water partition coefficient (Wildman–Crippen LogP) is 4.41. The van der Waals surface area contributed by atoms with Crippen molar-refractivity contribution in [3.8, 4) is 6.07 Å². The van der Waals surface area contributed by atoms with Gasteiger partial charge in [0.2, 0.25) is 0 Å². The van der Waals surface area contributed by atoms with Gasteiger partial charge in [-0.1, -0.05) is 42.8 Å². The number of nitrogens with zero attached hydrogens (tertiary/aromatic N) is 1. The van der Waals surface area contributed by atoms with Gasteiger partial charge in [-0.2, -0.15) is 5.26 Å². The summed E-state index contributed by atoms with van der Waals surface area (Å²) in [5, 5.41) is 12.1. The van der Waals surface area contributed by atoms with Crippen LogP contribution in [0.2, 0.25) is 0 Å². The smallest absolute Gasteiger partial charge is 0.266 e. The van der Waals surface area contributed by atoms with Gasteiger partial charge in [-0.3, -0.25) is 4.79 Å². The largest absolute Gasteiger partial charge is 0.321 e. The standard InChI is InChI=1S/C20H20N2O/c1-4-16-7-9-19(10-8-16)22-20(23)18(13-21)12-17-11-14(2)5-6-15(17)3/h5-12H,4H2,1-3H3,(H,22,23)/b18-12+. The van der Waals surface area contributed by atoms with Gasteiger partial charge in [0.1, 0.15) is 11.6 Å². The van der Waals surface area contributed by atoms with Crippen LogP contribution in [0.25, 0.3) is 6.08 Å². The lowest BCUT2D eigenvalue weighted by Gasteiger charge is -2.06. The lowest BCUT2D eigenvalue weighted by molar-refractivity contribution is -0.112. The Hall–Kier alpha value is -2.86. The molecule has 0 bridgehead atoms. The first-order valence-corrected chi connectivity index (χ1v) is 7.63. The summed E-state index contributed by atoms with van der Waals surface area (Å²) in [7, 11) is 0. The van der Waals surface area contributed by atoms with Gasteiger partial charge >= 0.3 is 0 Å². The number of carbonyl (C=O) groups is 1. The van der Waals surface area contributed by atoms with E-state index >= 15 is 0 Å². The number of nitriles is 1. The third-order valence-electron chi connectivity index (χ3n) is 3.72. The Labute approximate surface area is 137 Å². The summed E-state index contributed by atoms with van der Waals surface area (Å²) in [6, 6.07) is 15.6. The number of amides is 1. The molecule has 0 aliphatic rings. The molecule has 0 aliphatic carbocycles. The highest BCUT2D eigenvalue weighted by atomic mass is 16.1. The van der Waals surface area contributed by atoms with Gasteiger partial charge < -0.3 is 5.32 Å². The number of rotatable bonds is 4. The van der Waals surface area contributed by atoms with Crippen molar-refractivity contribution in [2.24, 2.45) is 0 Å². The Kier molecular flexibility index (Phi) is 5.32. The van der Waals surface area contributed by atoms with E-state index in [1.165, 1.54) is 5.56 Å². The topological polar surface area (TPSA) is 52.9 Å². The summed E-state index contributed by atoms with van der Waals surface area (Å²) >= 11 is 0. The molecule has 116 valence electrons. The molecular formula is C20H20N2O. The van der Waals surface area contributed by atoms with E-state index in [4.69, 9.17) is 0 Å². The second-order valence-corrected chi connectivity index (χ2v) is 5.53. The third kappa shape index (κ3) is 4.31. The lowest BCUT2D eigenvalue weighted by Crippen LogP contribution is -2.13. The highest BCUT2D eigenvalue weighted by molar-refractivity contribution is 6.09. The molecule has 0 spiro atoms. The molecular weight excluding hydrogens is 284 g/mol. The number of hydrogen-bond acceptors (Lipinski definition) is 2. The van der Waals surface area contributed by atoms with Crippen LogP contribution in [0.3, 0.4) is 0 Å². The number of anilines is 1. The fourth-order valence-electron chi connectivity index (χ4n) is 2.24. The molecule has 0 atom stereocenters. The average molecular weight is 304 g/mol. The summed E-state index contributed by atoms with van der Waals surface area (Å²) in [5.41, 5.74) is 5.00. The fraction of sp³-hybridized carbons (Fsp3) is 0.200. The molecule has 0 heterocycles. The Bertz CT molecular complexity index is 780. The molecule has 0 saturated carbocycles. The number of hydrogen-bond donors (Lipinski definition) is 1. The van der Waals surface area contributed by atoms with Gasteiger partial charge in [0.25, 0.3) is 5.91 Å². The second kappa shape index (κ2) is 7.42. The van der Waals surface area contributed by atoms with Crippen molar-refractivity contribution >= 4 is 17.7 Å². The van der Waals surface area contributed by atoms with E-state index in [1.807, 2.05) is 62.4 Å². The first-order valence-electron chi connectivity index (χ1n) is 7.63. The van der Waals surface area contributed by atoms with Gasteiger partial charge in [-0.05, 0) is 55.2 Å². The number of aryl methyl sites for hydroxylation is 3. The van der Waals surface area contributed by atoms with Gasteiger partial charge in [-0.25, -0.2) is 0 Å². The molecule has 2 aromatic rings. The summed E-state index contributed by atoms with van der Waals surface area (Å²) in [6.45, 7) is 6.02. The van der Waals surface area contributed by atoms with Crippen molar-refractivity contribution in [2.75, 3.05) is 5.32 Å². The molecule has 1 amide bonds. The van der Waals surface area contributed by atoms with E-state index < -0.39 is 5.91 Å². The van der Waals surface area contributed by atoms with Gasteiger partial charge in [0.15, 0.2) is 0 Å². The SMILES string of the molecule is CCc1ccc(NC(=O)/C(C#N)=C/c2cc(C)ccc2C)cc1. The quantitative estimate of drug-likeness (QED) is 0.672. The Morgan fingerprint density at radius 3 is 2.48 bits per heavy atom. The van der Waals surface area contributed by atoms with E-state index in [9.17, 15) is 10.1 Å². The van der Waals surface area contributed by atoms with Crippen LogP contribution in [-0.2, 0) is 11.2 Å². The monoisotopic (exact) mass is 304 g/mol. The molecule has 0 radical (unpaired) electrons. The summed E-state index contributed by atoms with van der Waals surface area (Å²) < 4.78 is 0. The highest BCUT2D eigenvalue weighted by Crippen LogP contribution is 2.16. The molecule has 0 fully saturated rings. The number of nitrogens with one attached hydrogen (secondary N) is 1. The van der Waals surface area contributed by atoms with Crippen molar-refractivity contribution in [3.05, 3.63) is 70.3 Å². The van der Waals surface area contributed by atoms with Crippen LogP contribution in [0.5, 0.6) is 0 Å². The predicted molar refractivity (Wildman–Crippen MR) is 94.0 cm³/mol. The Morgan fingerprint density at radius 1 is 1.17 bits per heavy atom.